The molecular formula is C13H18N2O4S. The lowest BCUT2D eigenvalue weighted by Gasteiger charge is -2.33. The molecule has 0 radical (unpaired) electrons. The van der Waals surface area contributed by atoms with E-state index in [1.165, 1.54) is 16.3 Å². The Labute approximate surface area is 119 Å². The minimum absolute atomic E-state index is 0.00787. The number of carbonyl (C=O) groups excluding carboxylic acids is 1. The van der Waals surface area contributed by atoms with Crippen molar-refractivity contribution in [2.75, 3.05) is 33.3 Å². The summed E-state index contributed by atoms with van der Waals surface area (Å²) in [4.78, 5) is 12.9. The van der Waals surface area contributed by atoms with E-state index in [4.69, 9.17) is 0 Å². The van der Waals surface area contributed by atoms with Gasteiger partial charge in [-0.1, -0.05) is 30.3 Å². The number of nitrogens with zero attached hydrogens (tertiary/aromatic N) is 2. The molecule has 1 aromatic rings. The lowest BCUT2D eigenvalue weighted by atomic mass is 10.2. The van der Waals surface area contributed by atoms with E-state index < -0.39 is 16.1 Å². The van der Waals surface area contributed by atoms with Gasteiger partial charge in [0, 0.05) is 26.2 Å². The molecule has 0 saturated carbocycles. The van der Waals surface area contributed by atoms with Crippen LogP contribution < -0.4 is 0 Å². The van der Waals surface area contributed by atoms with Crippen LogP contribution in [0.5, 0.6) is 0 Å². The summed E-state index contributed by atoms with van der Waals surface area (Å²) in [6, 6.07) is 9.08. The van der Waals surface area contributed by atoms with Crippen molar-refractivity contribution in [2.45, 2.75) is 5.75 Å². The molecule has 1 saturated heterocycles. The van der Waals surface area contributed by atoms with Gasteiger partial charge >= 0.3 is 6.09 Å². The fourth-order valence-corrected chi connectivity index (χ4v) is 3.67. The third-order valence-corrected chi connectivity index (χ3v) is 5.11. The van der Waals surface area contributed by atoms with Gasteiger partial charge in [-0.25, -0.2) is 13.2 Å². The minimum atomic E-state index is -3.34. The fraction of sp³-hybridized carbons (Fsp3) is 0.462. The van der Waals surface area contributed by atoms with Crippen LogP contribution in [-0.2, 0) is 20.5 Å². The predicted molar refractivity (Wildman–Crippen MR) is 74.6 cm³/mol. The van der Waals surface area contributed by atoms with Gasteiger partial charge in [0.1, 0.15) is 0 Å². The van der Waals surface area contributed by atoms with Crippen molar-refractivity contribution in [1.29, 1.82) is 0 Å². The predicted octanol–water partition coefficient (Wildman–Crippen LogP) is 0.900. The van der Waals surface area contributed by atoms with Gasteiger partial charge in [0.2, 0.25) is 10.0 Å². The number of sulfonamides is 1. The van der Waals surface area contributed by atoms with Crippen molar-refractivity contribution in [3.05, 3.63) is 35.9 Å². The molecule has 2 rings (SSSR count). The number of piperazine rings is 1. The summed E-state index contributed by atoms with van der Waals surface area (Å²) in [6.07, 6.45) is -0.412. The molecule has 0 N–H and O–H groups in total. The summed E-state index contributed by atoms with van der Waals surface area (Å²) in [5.74, 6) is -0.00787. The van der Waals surface area contributed by atoms with Crippen LogP contribution in [0.15, 0.2) is 30.3 Å². The first-order valence-corrected chi connectivity index (χ1v) is 7.98. The highest BCUT2D eigenvalue weighted by atomic mass is 32.2. The number of hydrogen-bond acceptors (Lipinski definition) is 4. The molecular weight excluding hydrogens is 280 g/mol. The number of benzene rings is 1. The third kappa shape index (κ3) is 3.49. The third-order valence-electron chi connectivity index (χ3n) is 3.26. The van der Waals surface area contributed by atoms with Gasteiger partial charge in [0.05, 0.1) is 12.9 Å². The number of amides is 1. The SMILES string of the molecule is COC(=O)N1CCN(S(=O)(=O)Cc2ccccc2)CC1. The first-order valence-electron chi connectivity index (χ1n) is 6.37. The zero-order chi connectivity index (χ0) is 14.6. The number of methoxy groups -OCH3 is 1. The Morgan fingerprint density at radius 1 is 1.15 bits per heavy atom. The van der Waals surface area contributed by atoms with Crippen LogP contribution in [0.4, 0.5) is 4.79 Å². The zero-order valence-electron chi connectivity index (χ0n) is 11.4. The molecule has 0 unspecified atom stereocenters. The molecule has 0 bridgehead atoms. The Kier molecular flexibility index (Phi) is 4.61. The summed E-state index contributed by atoms with van der Waals surface area (Å²) >= 11 is 0. The van der Waals surface area contributed by atoms with Crippen LogP contribution >= 0.6 is 0 Å². The van der Waals surface area contributed by atoms with Crippen molar-refractivity contribution in [3.8, 4) is 0 Å². The fourth-order valence-electron chi connectivity index (χ4n) is 2.15. The second-order valence-electron chi connectivity index (χ2n) is 4.60. The monoisotopic (exact) mass is 298 g/mol. The van der Waals surface area contributed by atoms with Crippen molar-refractivity contribution in [3.63, 3.8) is 0 Å². The topological polar surface area (TPSA) is 66.9 Å². The quantitative estimate of drug-likeness (QED) is 0.831. The van der Waals surface area contributed by atoms with E-state index in [9.17, 15) is 13.2 Å². The number of rotatable bonds is 3. The van der Waals surface area contributed by atoms with E-state index in [0.29, 0.717) is 26.2 Å². The summed E-state index contributed by atoms with van der Waals surface area (Å²) in [6.45, 7) is 1.34. The Morgan fingerprint density at radius 3 is 2.30 bits per heavy atom. The summed E-state index contributed by atoms with van der Waals surface area (Å²) in [5, 5.41) is 0. The maximum atomic E-state index is 12.3. The van der Waals surface area contributed by atoms with E-state index in [0.717, 1.165) is 5.56 Å². The summed E-state index contributed by atoms with van der Waals surface area (Å²) in [5.41, 5.74) is 0.767. The molecule has 6 nitrogen and oxygen atoms in total. The van der Waals surface area contributed by atoms with E-state index in [-0.39, 0.29) is 5.75 Å². The molecule has 1 fully saturated rings. The van der Waals surface area contributed by atoms with E-state index in [1.807, 2.05) is 18.2 Å². The Morgan fingerprint density at radius 2 is 1.75 bits per heavy atom. The first kappa shape index (κ1) is 14.8. The van der Waals surface area contributed by atoms with E-state index >= 15 is 0 Å². The van der Waals surface area contributed by atoms with Crippen molar-refractivity contribution in [2.24, 2.45) is 0 Å². The molecule has 1 aliphatic heterocycles. The zero-order valence-corrected chi connectivity index (χ0v) is 12.2. The van der Waals surface area contributed by atoms with E-state index in [1.54, 1.807) is 12.1 Å². The summed E-state index contributed by atoms with van der Waals surface area (Å²) < 4.78 is 30.6. The largest absolute Gasteiger partial charge is 0.453 e. The van der Waals surface area contributed by atoms with Crippen LogP contribution in [-0.4, -0.2) is 57.0 Å². The Bertz CT molecular complexity index is 551. The molecule has 0 aromatic heterocycles. The lowest BCUT2D eigenvalue weighted by molar-refractivity contribution is 0.108. The molecule has 0 spiro atoms. The van der Waals surface area contributed by atoms with Gasteiger partial charge in [-0.2, -0.15) is 4.31 Å². The molecule has 110 valence electrons. The minimum Gasteiger partial charge on any atom is -0.453 e. The average Bonchev–Trinajstić information content (AvgIpc) is 2.47. The molecule has 1 aromatic carbocycles. The van der Waals surface area contributed by atoms with Crippen LogP contribution in [0.1, 0.15) is 5.56 Å². The highest BCUT2D eigenvalue weighted by molar-refractivity contribution is 7.88. The van der Waals surface area contributed by atoms with Crippen molar-refractivity contribution >= 4 is 16.1 Å². The molecule has 1 heterocycles. The van der Waals surface area contributed by atoms with Crippen LogP contribution in [0.25, 0.3) is 0 Å². The van der Waals surface area contributed by atoms with Crippen molar-refractivity contribution < 1.29 is 17.9 Å². The average molecular weight is 298 g/mol. The van der Waals surface area contributed by atoms with Crippen LogP contribution in [0.2, 0.25) is 0 Å². The Balaban J connectivity index is 1.97. The number of ether oxygens (including phenoxy) is 1. The van der Waals surface area contributed by atoms with Gasteiger partial charge in [-0.3, -0.25) is 0 Å². The molecule has 1 aliphatic rings. The second-order valence-corrected chi connectivity index (χ2v) is 6.57. The highest BCUT2D eigenvalue weighted by Gasteiger charge is 2.29. The normalized spacial score (nSPS) is 16.9. The standard InChI is InChI=1S/C13H18N2O4S/c1-19-13(16)14-7-9-15(10-8-14)20(17,18)11-12-5-3-2-4-6-12/h2-6H,7-11H2,1H3. The molecule has 7 heteroatoms. The van der Waals surface area contributed by atoms with Crippen LogP contribution in [0, 0.1) is 0 Å². The van der Waals surface area contributed by atoms with Gasteiger partial charge < -0.3 is 9.64 Å². The first-order chi connectivity index (χ1) is 9.53. The molecule has 20 heavy (non-hydrogen) atoms. The highest BCUT2D eigenvalue weighted by Crippen LogP contribution is 2.13. The maximum Gasteiger partial charge on any atom is 0.409 e. The lowest BCUT2D eigenvalue weighted by Crippen LogP contribution is -2.50. The van der Waals surface area contributed by atoms with Gasteiger partial charge in [-0.05, 0) is 5.56 Å². The number of hydrogen-bond donors (Lipinski definition) is 0. The van der Waals surface area contributed by atoms with Crippen molar-refractivity contribution in [1.82, 2.24) is 9.21 Å². The summed E-state index contributed by atoms with van der Waals surface area (Å²) in [7, 11) is -2.02. The smallest absolute Gasteiger partial charge is 0.409 e. The molecule has 1 amide bonds. The van der Waals surface area contributed by atoms with Gasteiger partial charge in [0.25, 0.3) is 0 Å². The number of carbonyl (C=O) groups is 1. The van der Waals surface area contributed by atoms with Gasteiger partial charge in [-0.15, -0.1) is 0 Å². The molecule has 0 aliphatic carbocycles. The van der Waals surface area contributed by atoms with Crippen LogP contribution in [0.3, 0.4) is 0 Å². The maximum absolute atomic E-state index is 12.3. The molecule has 0 atom stereocenters. The van der Waals surface area contributed by atoms with E-state index in [2.05, 4.69) is 4.74 Å². The second kappa shape index (κ2) is 6.23. The van der Waals surface area contributed by atoms with Gasteiger partial charge in [0.15, 0.2) is 0 Å². The Hall–Kier alpha value is -1.60.